The number of carbonyl (C=O) groups is 2. The van der Waals surface area contributed by atoms with Crippen molar-refractivity contribution in [2.45, 2.75) is 40.0 Å². The largest absolute Gasteiger partial charge is 0.462 e. The van der Waals surface area contributed by atoms with E-state index in [0.717, 1.165) is 11.3 Å². The number of fused-ring (bicyclic) bond motifs is 1. The lowest BCUT2D eigenvalue weighted by Gasteiger charge is -2.29. The third-order valence-electron chi connectivity index (χ3n) is 4.90. The van der Waals surface area contributed by atoms with E-state index in [2.05, 4.69) is 10.2 Å². The summed E-state index contributed by atoms with van der Waals surface area (Å²) in [6.45, 7) is 9.73. The van der Waals surface area contributed by atoms with Crippen molar-refractivity contribution in [2.24, 2.45) is 0 Å². The molecule has 0 radical (unpaired) electrons. The SMILES string of the molecule is CCOC(=O)C1=CN(C(=O)c2ccc(F)c(C)c2)CC(C)(C)c2c(C)n[nH]c21. The topological polar surface area (TPSA) is 75.3 Å². The number of rotatable bonds is 3. The van der Waals surface area contributed by atoms with Crippen molar-refractivity contribution in [2.75, 3.05) is 13.2 Å². The Morgan fingerprint density at radius 1 is 1.32 bits per heavy atom. The minimum absolute atomic E-state index is 0.215. The summed E-state index contributed by atoms with van der Waals surface area (Å²) in [5, 5.41) is 7.18. The number of nitrogens with zero attached hydrogens (tertiary/aromatic N) is 2. The van der Waals surface area contributed by atoms with Crippen LogP contribution in [0.25, 0.3) is 5.57 Å². The van der Waals surface area contributed by atoms with Crippen LogP contribution in [0.4, 0.5) is 4.39 Å². The lowest BCUT2D eigenvalue weighted by Crippen LogP contribution is -2.37. The van der Waals surface area contributed by atoms with Gasteiger partial charge in [0, 0.05) is 29.3 Å². The van der Waals surface area contributed by atoms with Crippen molar-refractivity contribution in [1.82, 2.24) is 15.1 Å². The first-order valence-corrected chi connectivity index (χ1v) is 9.17. The number of hydrogen-bond donors (Lipinski definition) is 1. The Labute approximate surface area is 163 Å². The fourth-order valence-corrected chi connectivity index (χ4v) is 3.66. The molecule has 0 fully saturated rings. The minimum atomic E-state index is -0.529. The second kappa shape index (κ2) is 7.22. The number of aromatic nitrogens is 2. The first-order chi connectivity index (χ1) is 13.2. The smallest absolute Gasteiger partial charge is 0.341 e. The van der Waals surface area contributed by atoms with Crippen LogP contribution in [0.5, 0.6) is 0 Å². The van der Waals surface area contributed by atoms with Gasteiger partial charge in [-0.3, -0.25) is 9.89 Å². The standard InChI is InChI=1S/C21H24FN3O3/c1-6-28-20(27)15-10-25(19(26)14-7-8-16(22)12(2)9-14)11-21(4,5)17-13(3)23-24-18(15)17/h7-10H,6,11H2,1-5H3,(H,23,24). The van der Waals surface area contributed by atoms with Gasteiger partial charge in [0.15, 0.2) is 0 Å². The number of carbonyl (C=O) groups excluding carboxylic acids is 2. The molecule has 1 N–H and O–H groups in total. The van der Waals surface area contributed by atoms with Gasteiger partial charge in [-0.25, -0.2) is 9.18 Å². The zero-order valence-electron chi connectivity index (χ0n) is 16.7. The third kappa shape index (κ3) is 3.44. The summed E-state index contributed by atoms with van der Waals surface area (Å²) in [5.41, 5.74) is 2.72. The van der Waals surface area contributed by atoms with E-state index < -0.39 is 11.4 Å². The van der Waals surface area contributed by atoms with Crippen LogP contribution in [0.15, 0.2) is 24.4 Å². The zero-order chi connectivity index (χ0) is 20.6. The van der Waals surface area contributed by atoms with Gasteiger partial charge in [0.25, 0.3) is 5.91 Å². The van der Waals surface area contributed by atoms with E-state index in [1.165, 1.54) is 29.3 Å². The summed E-state index contributed by atoms with van der Waals surface area (Å²) in [6, 6.07) is 4.24. The van der Waals surface area contributed by atoms with Gasteiger partial charge >= 0.3 is 5.97 Å². The average molecular weight is 385 g/mol. The van der Waals surface area contributed by atoms with Crippen molar-refractivity contribution in [1.29, 1.82) is 0 Å². The molecule has 1 aromatic heterocycles. The molecule has 148 valence electrons. The molecule has 0 aliphatic carbocycles. The highest BCUT2D eigenvalue weighted by atomic mass is 19.1. The fourth-order valence-electron chi connectivity index (χ4n) is 3.66. The number of nitrogens with one attached hydrogen (secondary N) is 1. The van der Waals surface area contributed by atoms with Crippen LogP contribution >= 0.6 is 0 Å². The number of halogens is 1. The predicted molar refractivity (Wildman–Crippen MR) is 103 cm³/mol. The maximum absolute atomic E-state index is 13.6. The molecule has 7 heteroatoms. The number of hydrogen-bond acceptors (Lipinski definition) is 4. The number of H-pyrrole nitrogens is 1. The zero-order valence-corrected chi connectivity index (χ0v) is 16.7. The summed E-state index contributed by atoms with van der Waals surface area (Å²) in [5.74, 6) is -1.21. The van der Waals surface area contributed by atoms with Gasteiger partial charge in [-0.05, 0) is 44.5 Å². The van der Waals surface area contributed by atoms with Crippen molar-refractivity contribution in [3.8, 4) is 0 Å². The molecule has 1 aliphatic rings. The highest BCUT2D eigenvalue weighted by Gasteiger charge is 2.37. The maximum Gasteiger partial charge on any atom is 0.341 e. The Morgan fingerprint density at radius 3 is 2.68 bits per heavy atom. The molecule has 2 aromatic rings. The molecule has 1 amide bonds. The molecule has 1 aliphatic heterocycles. The number of aromatic amines is 1. The number of benzene rings is 1. The Kier molecular flexibility index (Phi) is 5.10. The van der Waals surface area contributed by atoms with E-state index in [1.807, 2.05) is 20.8 Å². The Morgan fingerprint density at radius 2 is 2.04 bits per heavy atom. The van der Waals surface area contributed by atoms with E-state index >= 15 is 0 Å². The van der Waals surface area contributed by atoms with Crippen LogP contribution in [-0.2, 0) is 14.9 Å². The normalized spacial score (nSPS) is 15.5. The molecule has 0 atom stereocenters. The van der Waals surface area contributed by atoms with Crippen LogP contribution in [0.3, 0.4) is 0 Å². The molecule has 0 spiro atoms. The van der Waals surface area contributed by atoms with Gasteiger partial charge in [0.05, 0.1) is 18.0 Å². The highest BCUT2D eigenvalue weighted by Crippen LogP contribution is 2.36. The average Bonchev–Trinajstić information content (AvgIpc) is 2.96. The monoisotopic (exact) mass is 385 g/mol. The number of amides is 1. The van der Waals surface area contributed by atoms with Crippen LogP contribution in [-0.4, -0.2) is 40.1 Å². The molecule has 2 heterocycles. The number of esters is 1. The summed E-state index contributed by atoms with van der Waals surface area (Å²) in [6.07, 6.45) is 1.50. The van der Waals surface area contributed by atoms with E-state index in [0.29, 0.717) is 23.4 Å². The van der Waals surface area contributed by atoms with Crippen LogP contribution in [0.2, 0.25) is 0 Å². The molecule has 0 unspecified atom stereocenters. The van der Waals surface area contributed by atoms with Crippen molar-refractivity contribution < 1.29 is 18.7 Å². The predicted octanol–water partition coefficient (Wildman–Crippen LogP) is 3.50. The van der Waals surface area contributed by atoms with E-state index in [9.17, 15) is 14.0 Å². The second-order valence-electron chi connectivity index (χ2n) is 7.60. The summed E-state index contributed by atoms with van der Waals surface area (Å²) in [4.78, 5) is 27.3. The van der Waals surface area contributed by atoms with E-state index in [4.69, 9.17) is 4.74 Å². The van der Waals surface area contributed by atoms with E-state index in [-0.39, 0.29) is 23.9 Å². The Hall–Kier alpha value is -2.96. The van der Waals surface area contributed by atoms with Gasteiger partial charge in [0.1, 0.15) is 11.4 Å². The Bertz CT molecular complexity index is 975. The third-order valence-corrected chi connectivity index (χ3v) is 4.90. The van der Waals surface area contributed by atoms with Gasteiger partial charge in [-0.15, -0.1) is 0 Å². The highest BCUT2D eigenvalue weighted by molar-refractivity contribution is 6.17. The molecular weight excluding hydrogens is 361 g/mol. The molecule has 1 aromatic carbocycles. The minimum Gasteiger partial charge on any atom is -0.462 e. The quantitative estimate of drug-likeness (QED) is 0.821. The van der Waals surface area contributed by atoms with Gasteiger partial charge < -0.3 is 9.64 Å². The van der Waals surface area contributed by atoms with Crippen molar-refractivity contribution in [3.05, 3.63) is 58.3 Å². The van der Waals surface area contributed by atoms with Crippen LogP contribution in [0.1, 0.15) is 53.6 Å². The van der Waals surface area contributed by atoms with Crippen LogP contribution < -0.4 is 0 Å². The van der Waals surface area contributed by atoms with E-state index in [1.54, 1.807) is 13.8 Å². The maximum atomic E-state index is 13.6. The van der Waals surface area contributed by atoms with Crippen molar-refractivity contribution >= 4 is 17.4 Å². The first kappa shape index (κ1) is 19.8. The van der Waals surface area contributed by atoms with Crippen LogP contribution in [0, 0.1) is 19.7 Å². The summed E-state index contributed by atoms with van der Waals surface area (Å²) in [7, 11) is 0. The Balaban J connectivity index is 2.11. The lowest BCUT2D eigenvalue weighted by atomic mass is 9.82. The second-order valence-corrected chi connectivity index (χ2v) is 7.60. The first-order valence-electron chi connectivity index (χ1n) is 9.17. The van der Waals surface area contributed by atoms with Crippen molar-refractivity contribution in [3.63, 3.8) is 0 Å². The fraction of sp³-hybridized carbons (Fsp3) is 0.381. The number of aryl methyl sites for hydroxylation is 2. The molecule has 28 heavy (non-hydrogen) atoms. The molecule has 3 rings (SSSR count). The molecular formula is C21H24FN3O3. The summed E-state index contributed by atoms with van der Waals surface area (Å²) < 4.78 is 18.8. The molecule has 0 saturated heterocycles. The summed E-state index contributed by atoms with van der Waals surface area (Å²) >= 11 is 0. The number of ether oxygens (including phenoxy) is 1. The van der Waals surface area contributed by atoms with Gasteiger partial charge in [-0.1, -0.05) is 13.8 Å². The van der Waals surface area contributed by atoms with Gasteiger partial charge in [0.2, 0.25) is 0 Å². The molecule has 0 saturated carbocycles. The molecule has 6 nitrogen and oxygen atoms in total. The lowest BCUT2D eigenvalue weighted by molar-refractivity contribution is -0.136. The molecule has 0 bridgehead atoms. The van der Waals surface area contributed by atoms with Gasteiger partial charge in [-0.2, -0.15) is 5.10 Å².